The molecule has 0 bridgehead atoms. The topological polar surface area (TPSA) is 58.4 Å². The Kier molecular flexibility index (Phi) is 5.11. The van der Waals surface area contributed by atoms with Gasteiger partial charge in [0, 0.05) is 13.1 Å². The lowest BCUT2D eigenvalue weighted by Crippen LogP contribution is -2.49. The molecule has 0 aromatic carbocycles. The number of aromatic nitrogens is 2. The molecule has 0 saturated carbocycles. The summed E-state index contributed by atoms with van der Waals surface area (Å²) < 4.78 is 1.96. The fourth-order valence-electron chi connectivity index (χ4n) is 2.12. The molecule has 0 amide bonds. The van der Waals surface area contributed by atoms with E-state index in [9.17, 15) is 9.90 Å². The number of nitrogens with zero attached hydrogens (tertiary/aromatic N) is 3. The Labute approximate surface area is 115 Å². The van der Waals surface area contributed by atoms with E-state index in [2.05, 4.69) is 25.0 Å². The lowest BCUT2D eigenvalue weighted by molar-refractivity contribution is -0.149. The van der Waals surface area contributed by atoms with Crippen molar-refractivity contribution in [2.45, 2.75) is 59.7 Å². The van der Waals surface area contributed by atoms with Crippen molar-refractivity contribution in [2.24, 2.45) is 0 Å². The van der Waals surface area contributed by atoms with E-state index in [4.69, 9.17) is 0 Å². The summed E-state index contributed by atoms with van der Waals surface area (Å²) >= 11 is 0. The standard InChI is InChI=1S/C14H25N3O2/c1-6-11-9-12(17(8-3)15-11)10-16(7-2)14(4,5)13(18)19/h9H,6-8,10H2,1-5H3,(H,18,19). The highest BCUT2D eigenvalue weighted by atomic mass is 16.4. The minimum atomic E-state index is -0.871. The molecule has 5 heteroatoms. The molecule has 0 aliphatic heterocycles. The van der Waals surface area contributed by atoms with Crippen molar-refractivity contribution in [2.75, 3.05) is 6.54 Å². The van der Waals surface area contributed by atoms with Crippen molar-refractivity contribution in [1.29, 1.82) is 0 Å². The first-order valence-electron chi connectivity index (χ1n) is 6.90. The zero-order chi connectivity index (χ0) is 14.6. The van der Waals surface area contributed by atoms with E-state index in [1.54, 1.807) is 13.8 Å². The van der Waals surface area contributed by atoms with Crippen LogP contribution in [-0.4, -0.2) is 37.8 Å². The molecule has 0 atom stereocenters. The van der Waals surface area contributed by atoms with Gasteiger partial charge in [-0.1, -0.05) is 13.8 Å². The summed E-state index contributed by atoms with van der Waals surface area (Å²) in [6.45, 7) is 11.7. The predicted octanol–water partition coefficient (Wildman–Crippen LogP) is 2.15. The van der Waals surface area contributed by atoms with Gasteiger partial charge in [-0.2, -0.15) is 5.10 Å². The fourth-order valence-corrected chi connectivity index (χ4v) is 2.12. The SMILES string of the molecule is CCc1cc(CN(CC)C(C)(C)C(=O)O)n(CC)n1. The highest BCUT2D eigenvalue weighted by Gasteiger charge is 2.34. The zero-order valence-electron chi connectivity index (χ0n) is 12.6. The molecule has 5 nitrogen and oxygen atoms in total. The van der Waals surface area contributed by atoms with Gasteiger partial charge >= 0.3 is 5.97 Å². The molecule has 1 aromatic heterocycles. The van der Waals surface area contributed by atoms with Crippen LogP contribution in [0.3, 0.4) is 0 Å². The first-order valence-corrected chi connectivity index (χ1v) is 6.90. The average Bonchev–Trinajstić information content (AvgIpc) is 2.77. The van der Waals surface area contributed by atoms with Gasteiger partial charge in [0.15, 0.2) is 0 Å². The van der Waals surface area contributed by atoms with E-state index < -0.39 is 11.5 Å². The summed E-state index contributed by atoms with van der Waals surface area (Å²) in [5, 5.41) is 13.8. The normalized spacial score (nSPS) is 12.1. The van der Waals surface area contributed by atoms with E-state index in [-0.39, 0.29) is 0 Å². The molecule has 0 spiro atoms. The quantitative estimate of drug-likeness (QED) is 0.822. The van der Waals surface area contributed by atoms with Crippen LogP contribution in [0.5, 0.6) is 0 Å². The molecular weight excluding hydrogens is 242 g/mol. The molecule has 1 heterocycles. The van der Waals surface area contributed by atoms with Crippen molar-refractivity contribution in [1.82, 2.24) is 14.7 Å². The molecule has 0 aliphatic rings. The van der Waals surface area contributed by atoms with Gasteiger partial charge in [0.25, 0.3) is 0 Å². The highest BCUT2D eigenvalue weighted by molar-refractivity contribution is 5.77. The van der Waals surface area contributed by atoms with E-state index in [0.717, 1.165) is 24.4 Å². The molecule has 1 rings (SSSR count). The van der Waals surface area contributed by atoms with Crippen molar-refractivity contribution >= 4 is 5.97 Å². The van der Waals surface area contributed by atoms with Gasteiger partial charge in [-0.05, 0) is 39.8 Å². The maximum absolute atomic E-state index is 11.4. The van der Waals surface area contributed by atoms with Crippen LogP contribution in [0.15, 0.2) is 6.07 Å². The molecule has 1 N–H and O–H groups in total. The number of carboxylic acid groups (broad SMARTS) is 1. The third kappa shape index (κ3) is 3.35. The maximum Gasteiger partial charge on any atom is 0.323 e. The van der Waals surface area contributed by atoms with Crippen molar-refractivity contribution in [3.8, 4) is 0 Å². The van der Waals surface area contributed by atoms with Crippen molar-refractivity contribution in [3.63, 3.8) is 0 Å². The number of hydrogen-bond donors (Lipinski definition) is 1. The molecule has 0 fully saturated rings. The predicted molar refractivity (Wildman–Crippen MR) is 75.1 cm³/mol. The van der Waals surface area contributed by atoms with E-state index in [0.29, 0.717) is 13.1 Å². The second kappa shape index (κ2) is 6.19. The Hall–Kier alpha value is -1.36. The molecule has 19 heavy (non-hydrogen) atoms. The summed E-state index contributed by atoms with van der Waals surface area (Å²) in [5.74, 6) is -0.798. The van der Waals surface area contributed by atoms with Gasteiger partial charge in [-0.25, -0.2) is 0 Å². The summed E-state index contributed by atoms with van der Waals surface area (Å²) in [6, 6.07) is 2.07. The molecule has 1 aromatic rings. The number of aryl methyl sites for hydroxylation is 2. The number of rotatable bonds is 7. The average molecular weight is 267 g/mol. The second-order valence-electron chi connectivity index (χ2n) is 5.17. The number of carboxylic acids is 1. The van der Waals surface area contributed by atoms with Crippen LogP contribution in [-0.2, 0) is 24.3 Å². The molecule has 0 unspecified atom stereocenters. The Balaban J connectivity index is 2.98. The number of likely N-dealkylation sites (N-methyl/N-ethyl adjacent to an activating group) is 1. The Morgan fingerprint density at radius 3 is 2.47 bits per heavy atom. The Bertz CT molecular complexity index is 438. The number of aliphatic carboxylic acids is 1. The Morgan fingerprint density at radius 2 is 2.05 bits per heavy atom. The van der Waals surface area contributed by atoms with Gasteiger partial charge in [-0.3, -0.25) is 14.4 Å². The third-order valence-corrected chi connectivity index (χ3v) is 3.62. The maximum atomic E-state index is 11.4. The Morgan fingerprint density at radius 1 is 1.42 bits per heavy atom. The smallest absolute Gasteiger partial charge is 0.323 e. The van der Waals surface area contributed by atoms with E-state index in [1.165, 1.54) is 0 Å². The van der Waals surface area contributed by atoms with Crippen LogP contribution < -0.4 is 0 Å². The molecule has 108 valence electrons. The molecule has 0 saturated heterocycles. The summed E-state index contributed by atoms with van der Waals surface area (Å²) in [7, 11) is 0. The van der Waals surface area contributed by atoms with Crippen LogP contribution in [0.2, 0.25) is 0 Å². The van der Waals surface area contributed by atoms with Crippen LogP contribution in [0.25, 0.3) is 0 Å². The largest absolute Gasteiger partial charge is 0.480 e. The van der Waals surface area contributed by atoms with Gasteiger partial charge in [-0.15, -0.1) is 0 Å². The summed E-state index contributed by atoms with van der Waals surface area (Å²) in [6.07, 6.45) is 0.897. The van der Waals surface area contributed by atoms with Crippen LogP contribution >= 0.6 is 0 Å². The lowest BCUT2D eigenvalue weighted by Gasteiger charge is -2.34. The minimum absolute atomic E-state index is 0.608. The van der Waals surface area contributed by atoms with E-state index >= 15 is 0 Å². The van der Waals surface area contributed by atoms with Crippen LogP contribution in [0.1, 0.15) is 46.0 Å². The van der Waals surface area contributed by atoms with Crippen LogP contribution in [0, 0.1) is 0 Å². The van der Waals surface area contributed by atoms with Gasteiger partial charge in [0.2, 0.25) is 0 Å². The van der Waals surface area contributed by atoms with Gasteiger partial charge in [0.1, 0.15) is 5.54 Å². The van der Waals surface area contributed by atoms with E-state index in [1.807, 2.05) is 16.5 Å². The van der Waals surface area contributed by atoms with Gasteiger partial charge in [0.05, 0.1) is 11.4 Å². The summed E-state index contributed by atoms with van der Waals surface area (Å²) in [4.78, 5) is 13.3. The first-order chi connectivity index (χ1) is 8.86. The first kappa shape index (κ1) is 15.7. The van der Waals surface area contributed by atoms with Crippen LogP contribution in [0.4, 0.5) is 0 Å². The third-order valence-electron chi connectivity index (χ3n) is 3.62. The summed E-state index contributed by atoms with van der Waals surface area (Å²) in [5.41, 5.74) is 1.26. The fraction of sp³-hybridized carbons (Fsp3) is 0.714. The number of hydrogen-bond acceptors (Lipinski definition) is 3. The highest BCUT2D eigenvalue weighted by Crippen LogP contribution is 2.19. The molecular formula is C14H25N3O2. The van der Waals surface area contributed by atoms with Crippen molar-refractivity contribution < 1.29 is 9.90 Å². The minimum Gasteiger partial charge on any atom is -0.480 e. The van der Waals surface area contributed by atoms with Gasteiger partial charge < -0.3 is 5.11 Å². The molecule has 0 aliphatic carbocycles. The second-order valence-corrected chi connectivity index (χ2v) is 5.17. The van der Waals surface area contributed by atoms with Crippen molar-refractivity contribution in [3.05, 3.63) is 17.5 Å². The molecule has 0 radical (unpaired) electrons. The monoisotopic (exact) mass is 267 g/mol. The zero-order valence-corrected chi connectivity index (χ0v) is 12.6. The lowest BCUT2D eigenvalue weighted by atomic mass is 10.0. The number of carbonyl (C=O) groups is 1.